The van der Waals surface area contributed by atoms with Crippen molar-refractivity contribution < 1.29 is 14.3 Å². The number of hydrogen-bond donors (Lipinski definition) is 2. The van der Waals surface area contributed by atoms with Crippen molar-refractivity contribution in [2.75, 3.05) is 6.61 Å². The fourth-order valence-corrected chi connectivity index (χ4v) is 2.80. The van der Waals surface area contributed by atoms with E-state index >= 15 is 0 Å². The van der Waals surface area contributed by atoms with Crippen LogP contribution in [0.25, 0.3) is 0 Å². The summed E-state index contributed by atoms with van der Waals surface area (Å²) in [5, 5.41) is 12.8. The van der Waals surface area contributed by atoms with Crippen molar-refractivity contribution in [3.8, 4) is 0 Å². The second-order valence-corrected chi connectivity index (χ2v) is 11.7. The third-order valence-electron chi connectivity index (χ3n) is 4.11. The molecule has 0 aromatic carbocycles. The van der Waals surface area contributed by atoms with Gasteiger partial charge in [-0.25, -0.2) is 0 Å². The Balaban J connectivity index is 2.52. The lowest BCUT2D eigenvalue weighted by Crippen LogP contribution is -2.41. The molecule has 0 saturated carbocycles. The van der Waals surface area contributed by atoms with Gasteiger partial charge in [0.25, 0.3) is 0 Å². The van der Waals surface area contributed by atoms with E-state index in [2.05, 4.69) is 39.2 Å². The second kappa shape index (κ2) is 5.77. The van der Waals surface area contributed by atoms with E-state index in [0.717, 1.165) is 5.57 Å². The van der Waals surface area contributed by atoms with Gasteiger partial charge in [-0.1, -0.05) is 26.8 Å². The molecule has 0 aromatic heterocycles. The molecule has 0 fully saturated rings. The van der Waals surface area contributed by atoms with Crippen LogP contribution in [0.5, 0.6) is 0 Å². The third-order valence-corrected chi connectivity index (χ3v) is 8.59. The summed E-state index contributed by atoms with van der Waals surface area (Å²) >= 11 is 0. The van der Waals surface area contributed by atoms with Crippen LogP contribution in [0.4, 0.5) is 0 Å². The Bertz CT molecular complexity index is 371. The summed E-state index contributed by atoms with van der Waals surface area (Å²) in [6, 6.07) is -0.199. The molecule has 0 aromatic rings. The Morgan fingerprint density at radius 1 is 1.53 bits per heavy atom. The van der Waals surface area contributed by atoms with Crippen LogP contribution < -0.4 is 5.32 Å². The van der Waals surface area contributed by atoms with Gasteiger partial charge in [-0.05, 0) is 30.1 Å². The summed E-state index contributed by atoms with van der Waals surface area (Å²) < 4.78 is 6.13. The molecule has 19 heavy (non-hydrogen) atoms. The maximum atomic E-state index is 11.0. The predicted octanol–water partition coefficient (Wildman–Crippen LogP) is 2.20. The van der Waals surface area contributed by atoms with Gasteiger partial charge in [0.15, 0.2) is 8.32 Å². The Hall–Kier alpha value is -0.653. The summed E-state index contributed by atoms with van der Waals surface area (Å²) in [4.78, 5) is 11.0. The molecule has 0 aliphatic heterocycles. The molecule has 0 bridgehead atoms. The Morgan fingerprint density at radius 2 is 2.11 bits per heavy atom. The molecular formula is C14H27NO3Si. The zero-order valence-electron chi connectivity index (χ0n) is 12.9. The maximum Gasteiger partial charge on any atom is 0.217 e. The van der Waals surface area contributed by atoms with Crippen LogP contribution in [0.15, 0.2) is 11.6 Å². The van der Waals surface area contributed by atoms with Gasteiger partial charge in [-0.3, -0.25) is 4.79 Å². The Labute approximate surface area is 117 Å². The molecule has 0 radical (unpaired) electrons. The molecule has 0 spiro atoms. The number of aliphatic hydroxyl groups excluding tert-OH is 1. The molecule has 1 rings (SSSR count). The van der Waals surface area contributed by atoms with E-state index in [1.807, 2.05) is 6.08 Å². The van der Waals surface area contributed by atoms with E-state index in [1.165, 1.54) is 6.92 Å². The smallest absolute Gasteiger partial charge is 0.217 e. The SMILES string of the molecule is CC(=O)NC1CC(CO[Si](C)(C)C(C)(C)C)=CC1O. The first-order valence-corrected chi connectivity index (χ1v) is 9.72. The van der Waals surface area contributed by atoms with Gasteiger partial charge in [0.1, 0.15) is 0 Å². The molecule has 2 atom stereocenters. The highest BCUT2D eigenvalue weighted by Crippen LogP contribution is 2.37. The van der Waals surface area contributed by atoms with E-state index in [-0.39, 0.29) is 17.0 Å². The summed E-state index contributed by atoms with van der Waals surface area (Å²) in [7, 11) is -1.76. The van der Waals surface area contributed by atoms with Crippen molar-refractivity contribution in [1.29, 1.82) is 0 Å². The molecule has 2 N–H and O–H groups in total. The first-order valence-electron chi connectivity index (χ1n) is 6.81. The summed E-state index contributed by atoms with van der Waals surface area (Å²) in [5.41, 5.74) is 1.08. The number of hydrogen-bond acceptors (Lipinski definition) is 3. The van der Waals surface area contributed by atoms with Crippen LogP contribution in [0.2, 0.25) is 18.1 Å². The highest BCUT2D eigenvalue weighted by molar-refractivity contribution is 6.74. The molecule has 0 heterocycles. The van der Waals surface area contributed by atoms with Gasteiger partial charge >= 0.3 is 0 Å². The summed E-state index contributed by atoms with van der Waals surface area (Å²) in [6.45, 7) is 13.1. The third kappa shape index (κ3) is 4.44. The minimum absolute atomic E-state index is 0.107. The monoisotopic (exact) mass is 285 g/mol. The fraction of sp³-hybridized carbons (Fsp3) is 0.786. The molecule has 1 amide bonds. The van der Waals surface area contributed by atoms with Gasteiger partial charge in [0.2, 0.25) is 5.91 Å². The van der Waals surface area contributed by atoms with E-state index < -0.39 is 14.4 Å². The summed E-state index contributed by atoms with van der Waals surface area (Å²) in [5.74, 6) is -0.107. The van der Waals surface area contributed by atoms with Crippen molar-refractivity contribution in [2.24, 2.45) is 0 Å². The molecule has 1 aliphatic carbocycles. The maximum absolute atomic E-state index is 11.0. The minimum atomic E-state index is -1.76. The van der Waals surface area contributed by atoms with E-state index in [4.69, 9.17) is 4.43 Å². The molecule has 110 valence electrons. The van der Waals surface area contributed by atoms with Crippen molar-refractivity contribution in [3.05, 3.63) is 11.6 Å². The standard InChI is InChI=1S/C14H27NO3Si/c1-10(16)15-12-7-11(8-13(12)17)9-18-19(5,6)14(2,3)4/h8,12-13,17H,7,9H2,1-6H3,(H,15,16). The first-order chi connectivity index (χ1) is 8.53. The van der Waals surface area contributed by atoms with Gasteiger partial charge in [-0.2, -0.15) is 0 Å². The summed E-state index contributed by atoms with van der Waals surface area (Å²) in [6.07, 6.45) is 1.89. The van der Waals surface area contributed by atoms with E-state index in [1.54, 1.807) is 0 Å². The Kier molecular flexibility index (Phi) is 4.98. The molecule has 2 unspecified atom stereocenters. The van der Waals surface area contributed by atoms with Crippen molar-refractivity contribution in [2.45, 2.75) is 64.4 Å². The molecule has 4 nitrogen and oxygen atoms in total. The topological polar surface area (TPSA) is 58.6 Å². The van der Waals surface area contributed by atoms with Crippen molar-refractivity contribution >= 4 is 14.2 Å². The fourth-order valence-electron chi connectivity index (χ4n) is 1.82. The number of aliphatic hydroxyl groups is 1. The second-order valence-electron chi connectivity index (χ2n) is 6.88. The lowest BCUT2D eigenvalue weighted by Gasteiger charge is -2.36. The normalized spacial score (nSPS) is 24.3. The van der Waals surface area contributed by atoms with Gasteiger partial charge in [-0.15, -0.1) is 0 Å². The number of nitrogens with one attached hydrogen (secondary N) is 1. The lowest BCUT2D eigenvalue weighted by atomic mass is 10.2. The van der Waals surface area contributed by atoms with Crippen molar-refractivity contribution in [1.82, 2.24) is 5.32 Å². The molecule has 1 aliphatic rings. The van der Waals surface area contributed by atoms with E-state index in [9.17, 15) is 9.90 Å². The quantitative estimate of drug-likeness (QED) is 0.615. The Morgan fingerprint density at radius 3 is 2.58 bits per heavy atom. The largest absolute Gasteiger partial charge is 0.413 e. The number of rotatable bonds is 4. The highest BCUT2D eigenvalue weighted by Gasteiger charge is 2.37. The van der Waals surface area contributed by atoms with Crippen LogP contribution >= 0.6 is 0 Å². The van der Waals surface area contributed by atoms with Crippen LogP contribution in [0.3, 0.4) is 0 Å². The van der Waals surface area contributed by atoms with Gasteiger partial charge < -0.3 is 14.8 Å². The van der Waals surface area contributed by atoms with Crippen molar-refractivity contribution in [3.63, 3.8) is 0 Å². The zero-order chi connectivity index (χ0) is 14.8. The number of amides is 1. The van der Waals surface area contributed by atoms with Crippen LogP contribution in [0, 0.1) is 0 Å². The number of carbonyl (C=O) groups is 1. The van der Waals surface area contributed by atoms with Gasteiger partial charge in [0.05, 0.1) is 18.8 Å². The van der Waals surface area contributed by atoms with E-state index in [0.29, 0.717) is 13.0 Å². The van der Waals surface area contributed by atoms with Gasteiger partial charge in [0, 0.05) is 6.92 Å². The van der Waals surface area contributed by atoms with Crippen LogP contribution in [-0.4, -0.2) is 38.1 Å². The molecule has 5 heteroatoms. The highest BCUT2D eigenvalue weighted by atomic mass is 28.4. The van der Waals surface area contributed by atoms with Crippen LogP contribution in [0.1, 0.15) is 34.1 Å². The van der Waals surface area contributed by atoms with Crippen LogP contribution in [-0.2, 0) is 9.22 Å². The lowest BCUT2D eigenvalue weighted by molar-refractivity contribution is -0.120. The number of carbonyl (C=O) groups excluding carboxylic acids is 1. The molecule has 0 saturated heterocycles. The molecular weight excluding hydrogens is 258 g/mol. The minimum Gasteiger partial charge on any atom is -0.413 e. The average Bonchev–Trinajstić information content (AvgIpc) is 2.54. The predicted molar refractivity (Wildman–Crippen MR) is 79.5 cm³/mol. The first kappa shape index (κ1) is 16.4. The average molecular weight is 285 g/mol. The zero-order valence-corrected chi connectivity index (χ0v) is 13.9.